The molecule has 25 heavy (non-hydrogen) atoms. The molecule has 1 heterocycles. The molecule has 136 valence electrons. The number of rotatable bonds is 8. The summed E-state index contributed by atoms with van der Waals surface area (Å²) in [6, 6.07) is 5.14. The van der Waals surface area contributed by atoms with Crippen molar-refractivity contribution in [2.24, 2.45) is 0 Å². The molecule has 0 aliphatic carbocycles. The SMILES string of the molecule is O=C(O)CC[C@]1(CCC(=O)NCc2ccc(Cl)c(Cl)c2)CCC(=O)N1. The third kappa shape index (κ3) is 5.90. The molecule has 1 aliphatic rings. The first kappa shape index (κ1) is 19.5. The molecule has 1 saturated heterocycles. The van der Waals surface area contributed by atoms with E-state index in [-0.39, 0.29) is 24.7 Å². The molecule has 1 atom stereocenters. The maximum atomic E-state index is 12.1. The Kier molecular flexibility index (Phi) is 6.67. The van der Waals surface area contributed by atoms with Gasteiger partial charge in [-0.1, -0.05) is 29.3 Å². The molecule has 1 aliphatic heterocycles. The number of carbonyl (C=O) groups is 3. The fraction of sp³-hybridized carbons (Fsp3) is 0.471. The van der Waals surface area contributed by atoms with Crippen molar-refractivity contribution in [2.45, 2.75) is 50.6 Å². The lowest BCUT2D eigenvalue weighted by Gasteiger charge is -2.28. The second-order valence-corrected chi connectivity index (χ2v) is 7.06. The molecule has 0 aromatic heterocycles. The Balaban J connectivity index is 1.85. The maximum absolute atomic E-state index is 12.1. The van der Waals surface area contributed by atoms with Crippen LogP contribution in [-0.2, 0) is 20.9 Å². The molecular formula is C17H20Cl2N2O4. The topological polar surface area (TPSA) is 95.5 Å². The minimum absolute atomic E-state index is 0.0365. The zero-order valence-electron chi connectivity index (χ0n) is 13.6. The summed E-state index contributed by atoms with van der Waals surface area (Å²) in [5.41, 5.74) is 0.230. The molecular weight excluding hydrogens is 367 g/mol. The van der Waals surface area contributed by atoms with E-state index in [1.807, 2.05) is 0 Å². The average molecular weight is 387 g/mol. The normalized spacial score (nSPS) is 19.5. The molecule has 6 nitrogen and oxygen atoms in total. The van der Waals surface area contributed by atoms with Gasteiger partial charge >= 0.3 is 5.97 Å². The van der Waals surface area contributed by atoms with E-state index in [0.29, 0.717) is 42.3 Å². The molecule has 0 unspecified atom stereocenters. The predicted octanol–water partition coefficient (Wildman–Crippen LogP) is 2.90. The van der Waals surface area contributed by atoms with Gasteiger partial charge in [0.1, 0.15) is 0 Å². The van der Waals surface area contributed by atoms with Gasteiger partial charge in [0.05, 0.1) is 10.0 Å². The fourth-order valence-corrected chi connectivity index (χ4v) is 3.23. The Labute approximate surface area is 155 Å². The summed E-state index contributed by atoms with van der Waals surface area (Å²) < 4.78 is 0. The lowest BCUT2D eigenvalue weighted by atomic mass is 9.86. The number of benzene rings is 1. The van der Waals surface area contributed by atoms with Gasteiger partial charge < -0.3 is 15.7 Å². The van der Waals surface area contributed by atoms with E-state index in [1.54, 1.807) is 18.2 Å². The summed E-state index contributed by atoms with van der Waals surface area (Å²) in [7, 11) is 0. The summed E-state index contributed by atoms with van der Waals surface area (Å²) in [5.74, 6) is -1.17. The first-order chi connectivity index (χ1) is 11.8. The number of carboxylic acid groups (broad SMARTS) is 1. The van der Waals surface area contributed by atoms with Crippen molar-refractivity contribution in [3.63, 3.8) is 0 Å². The Hall–Kier alpha value is -1.79. The van der Waals surface area contributed by atoms with Crippen LogP contribution < -0.4 is 10.6 Å². The Morgan fingerprint density at radius 2 is 1.92 bits per heavy atom. The zero-order chi connectivity index (χ0) is 18.4. The monoisotopic (exact) mass is 386 g/mol. The molecule has 0 saturated carbocycles. The highest BCUT2D eigenvalue weighted by atomic mass is 35.5. The van der Waals surface area contributed by atoms with Crippen LogP contribution in [0.3, 0.4) is 0 Å². The van der Waals surface area contributed by atoms with Gasteiger partial charge in [-0.15, -0.1) is 0 Å². The van der Waals surface area contributed by atoms with Gasteiger partial charge in [-0.25, -0.2) is 0 Å². The van der Waals surface area contributed by atoms with Gasteiger partial charge in [-0.3, -0.25) is 14.4 Å². The minimum Gasteiger partial charge on any atom is -0.481 e. The number of carbonyl (C=O) groups excluding carboxylic acids is 2. The number of halogens is 2. The second kappa shape index (κ2) is 8.54. The number of amides is 2. The number of hydrogen-bond donors (Lipinski definition) is 3. The van der Waals surface area contributed by atoms with Crippen LogP contribution in [0, 0.1) is 0 Å². The number of nitrogens with one attached hydrogen (secondary N) is 2. The van der Waals surface area contributed by atoms with E-state index in [0.717, 1.165) is 5.56 Å². The smallest absolute Gasteiger partial charge is 0.303 e. The number of hydrogen-bond acceptors (Lipinski definition) is 3. The van der Waals surface area contributed by atoms with Crippen LogP contribution >= 0.6 is 23.2 Å². The summed E-state index contributed by atoms with van der Waals surface area (Å²) >= 11 is 11.8. The van der Waals surface area contributed by atoms with E-state index < -0.39 is 11.5 Å². The summed E-state index contributed by atoms with van der Waals surface area (Å²) in [6.07, 6.45) is 1.84. The summed E-state index contributed by atoms with van der Waals surface area (Å²) in [4.78, 5) is 34.4. The van der Waals surface area contributed by atoms with Crippen molar-refractivity contribution in [3.05, 3.63) is 33.8 Å². The molecule has 1 aromatic rings. The van der Waals surface area contributed by atoms with Gasteiger partial charge in [-0.2, -0.15) is 0 Å². The van der Waals surface area contributed by atoms with E-state index in [9.17, 15) is 14.4 Å². The highest BCUT2D eigenvalue weighted by Gasteiger charge is 2.37. The van der Waals surface area contributed by atoms with Crippen molar-refractivity contribution in [1.82, 2.24) is 10.6 Å². The quantitative estimate of drug-likeness (QED) is 0.639. The second-order valence-electron chi connectivity index (χ2n) is 6.25. The molecule has 8 heteroatoms. The minimum atomic E-state index is -0.912. The van der Waals surface area contributed by atoms with E-state index >= 15 is 0 Å². The Morgan fingerprint density at radius 1 is 1.20 bits per heavy atom. The third-order valence-electron chi connectivity index (χ3n) is 4.36. The third-order valence-corrected chi connectivity index (χ3v) is 5.10. The molecule has 1 aromatic carbocycles. The highest BCUT2D eigenvalue weighted by Crippen LogP contribution is 2.30. The van der Waals surface area contributed by atoms with Gasteiger partial charge in [-0.05, 0) is 37.0 Å². The van der Waals surface area contributed by atoms with Crippen molar-refractivity contribution in [3.8, 4) is 0 Å². The molecule has 2 amide bonds. The Bertz CT molecular complexity index is 681. The molecule has 0 bridgehead atoms. The van der Waals surface area contributed by atoms with E-state index in [1.165, 1.54) is 0 Å². The first-order valence-electron chi connectivity index (χ1n) is 8.03. The number of carboxylic acids is 1. The highest BCUT2D eigenvalue weighted by molar-refractivity contribution is 6.42. The molecule has 0 radical (unpaired) electrons. The lowest BCUT2D eigenvalue weighted by molar-refractivity contribution is -0.137. The molecule has 3 N–H and O–H groups in total. The fourth-order valence-electron chi connectivity index (χ4n) is 2.91. The van der Waals surface area contributed by atoms with E-state index in [4.69, 9.17) is 28.3 Å². The molecule has 0 spiro atoms. The van der Waals surface area contributed by atoms with Crippen LogP contribution in [0.5, 0.6) is 0 Å². The zero-order valence-corrected chi connectivity index (χ0v) is 15.1. The van der Waals surface area contributed by atoms with E-state index in [2.05, 4.69) is 10.6 Å². The van der Waals surface area contributed by atoms with Gasteiger partial charge in [0, 0.05) is 31.3 Å². The average Bonchev–Trinajstić information content (AvgIpc) is 2.94. The standard InChI is InChI=1S/C17H20Cl2N2O4/c18-12-2-1-11(9-13(12)19)10-20-14(22)3-6-17(8-5-16(24)25)7-4-15(23)21-17/h1-2,9H,3-8,10H2,(H,20,22)(H,21,23)(H,24,25)/t17-/m0/s1. The maximum Gasteiger partial charge on any atom is 0.303 e. The van der Waals surface area contributed by atoms with Gasteiger partial charge in [0.2, 0.25) is 11.8 Å². The summed E-state index contributed by atoms with van der Waals surface area (Å²) in [6.45, 7) is 0.324. The van der Waals surface area contributed by atoms with Crippen molar-refractivity contribution in [2.75, 3.05) is 0 Å². The molecule has 2 rings (SSSR count). The van der Waals surface area contributed by atoms with Crippen molar-refractivity contribution >= 4 is 41.0 Å². The molecule has 1 fully saturated rings. The number of aliphatic carboxylic acids is 1. The van der Waals surface area contributed by atoms with Crippen LogP contribution in [0.1, 0.15) is 44.1 Å². The van der Waals surface area contributed by atoms with Crippen LogP contribution in [0.2, 0.25) is 10.0 Å². The van der Waals surface area contributed by atoms with Crippen LogP contribution in [0.15, 0.2) is 18.2 Å². The summed E-state index contributed by atoms with van der Waals surface area (Å²) in [5, 5.41) is 15.4. The van der Waals surface area contributed by atoms with Gasteiger partial charge in [0.25, 0.3) is 0 Å². The van der Waals surface area contributed by atoms with Crippen molar-refractivity contribution < 1.29 is 19.5 Å². The van der Waals surface area contributed by atoms with Gasteiger partial charge in [0.15, 0.2) is 0 Å². The van der Waals surface area contributed by atoms with Crippen LogP contribution in [-0.4, -0.2) is 28.4 Å². The van der Waals surface area contributed by atoms with Crippen molar-refractivity contribution in [1.29, 1.82) is 0 Å². The van der Waals surface area contributed by atoms with Crippen LogP contribution in [0.25, 0.3) is 0 Å². The van der Waals surface area contributed by atoms with Crippen LogP contribution in [0.4, 0.5) is 0 Å². The largest absolute Gasteiger partial charge is 0.481 e. The lowest BCUT2D eigenvalue weighted by Crippen LogP contribution is -2.43. The predicted molar refractivity (Wildman–Crippen MR) is 94.5 cm³/mol. The Morgan fingerprint density at radius 3 is 2.52 bits per heavy atom. The first-order valence-corrected chi connectivity index (χ1v) is 8.79.